The molecule has 0 aliphatic rings. The van der Waals surface area contributed by atoms with Crippen LogP contribution in [-0.2, 0) is 0 Å². The number of nitro groups is 1. The lowest BCUT2D eigenvalue weighted by Crippen LogP contribution is -2.14. The summed E-state index contributed by atoms with van der Waals surface area (Å²) in [5.74, 6) is 0.292. The van der Waals surface area contributed by atoms with Gasteiger partial charge in [-0.05, 0) is 18.5 Å². The smallest absolute Gasteiger partial charge is 0.269 e. The summed E-state index contributed by atoms with van der Waals surface area (Å²) in [5.41, 5.74) is 1.15. The average Bonchev–Trinajstić information content (AvgIpc) is 2.18. The van der Waals surface area contributed by atoms with Crippen LogP contribution in [0.25, 0.3) is 0 Å². The van der Waals surface area contributed by atoms with E-state index >= 15 is 0 Å². The zero-order valence-corrected chi connectivity index (χ0v) is 8.36. The fourth-order valence-corrected chi connectivity index (χ4v) is 1.37. The third-order valence-electron chi connectivity index (χ3n) is 2.16. The van der Waals surface area contributed by atoms with E-state index < -0.39 is 0 Å². The molecule has 0 radical (unpaired) electrons. The number of nitrogens with zero attached hydrogens (tertiary/aromatic N) is 1. The van der Waals surface area contributed by atoms with Crippen molar-refractivity contribution in [3.05, 3.63) is 39.9 Å². The summed E-state index contributed by atoms with van der Waals surface area (Å²) in [7, 11) is 1.87. The summed E-state index contributed by atoms with van der Waals surface area (Å²) in [4.78, 5) is 10.2. The van der Waals surface area contributed by atoms with E-state index in [2.05, 4.69) is 5.32 Å². The molecule has 1 atom stereocenters. The average molecular weight is 194 g/mol. The van der Waals surface area contributed by atoms with Gasteiger partial charge in [-0.2, -0.15) is 0 Å². The fourth-order valence-electron chi connectivity index (χ4n) is 1.37. The largest absolute Gasteiger partial charge is 0.319 e. The molecular formula is C10H14N2O2. The van der Waals surface area contributed by atoms with Crippen LogP contribution in [0.5, 0.6) is 0 Å². The molecule has 0 bridgehead atoms. The zero-order chi connectivity index (χ0) is 10.6. The molecule has 0 amide bonds. The molecule has 4 nitrogen and oxygen atoms in total. The third-order valence-corrected chi connectivity index (χ3v) is 2.16. The van der Waals surface area contributed by atoms with Gasteiger partial charge in [0.15, 0.2) is 0 Å². The summed E-state index contributed by atoms with van der Waals surface area (Å²) in [5, 5.41) is 13.6. The second-order valence-electron chi connectivity index (χ2n) is 3.31. The van der Waals surface area contributed by atoms with Crippen LogP contribution in [-0.4, -0.2) is 18.5 Å². The maximum Gasteiger partial charge on any atom is 0.269 e. The van der Waals surface area contributed by atoms with Crippen LogP contribution < -0.4 is 5.32 Å². The molecule has 76 valence electrons. The maximum atomic E-state index is 10.5. The first-order valence-electron chi connectivity index (χ1n) is 4.54. The van der Waals surface area contributed by atoms with Gasteiger partial charge in [-0.3, -0.25) is 10.1 Å². The van der Waals surface area contributed by atoms with Gasteiger partial charge in [-0.1, -0.05) is 19.1 Å². The number of likely N-dealkylation sites (N-methyl/N-ethyl adjacent to an activating group) is 1. The van der Waals surface area contributed by atoms with Crippen molar-refractivity contribution in [2.24, 2.45) is 0 Å². The predicted octanol–water partition coefficient (Wildman–Crippen LogP) is 1.92. The SMILES string of the molecule is CNCC(C)c1cccc([N+](=O)[O-])c1. The van der Waals surface area contributed by atoms with Crippen molar-refractivity contribution in [3.8, 4) is 0 Å². The highest BCUT2D eigenvalue weighted by Gasteiger charge is 2.09. The van der Waals surface area contributed by atoms with E-state index in [4.69, 9.17) is 0 Å². The number of nitro benzene ring substituents is 1. The molecule has 0 saturated carbocycles. The van der Waals surface area contributed by atoms with Gasteiger partial charge < -0.3 is 5.32 Å². The van der Waals surface area contributed by atoms with E-state index in [9.17, 15) is 10.1 Å². The molecule has 0 saturated heterocycles. The van der Waals surface area contributed by atoms with Gasteiger partial charge in [0.2, 0.25) is 0 Å². The highest BCUT2D eigenvalue weighted by atomic mass is 16.6. The van der Waals surface area contributed by atoms with Crippen LogP contribution in [0.4, 0.5) is 5.69 Å². The van der Waals surface area contributed by atoms with E-state index in [1.807, 2.05) is 20.0 Å². The minimum atomic E-state index is -0.365. The standard InChI is InChI=1S/C10H14N2O2/c1-8(7-11-2)9-4-3-5-10(6-9)12(13)14/h3-6,8,11H,7H2,1-2H3. The zero-order valence-electron chi connectivity index (χ0n) is 8.36. The van der Waals surface area contributed by atoms with Gasteiger partial charge in [-0.25, -0.2) is 0 Å². The molecule has 0 aromatic heterocycles. The first-order valence-corrected chi connectivity index (χ1v) is 4.54. The predicted molar refractivity (Wildman–Crippen MR) is 55.4 cm³/mol. The lowest BCUT2D eigenvalue weighted by Gasteiger charge is -2.10. The molecule has 0 fully saturated rings. The number of non-ortho nitro benzene ring substituents is 1. The minimum Gasteiger partial charge on any atom is -0.319 e. The van der Waals surface area contributed by atoms with Crippen molar-refractivity contribution in [2.45, 2.75) is 12.8 Å². The molecule has 0 aliphatic carbocycles. The van der Waals surface area contributed by atoms with Crippen LogP contribution in [0, 0.1) is 10.1 Å². The summed E-state index contributed by atoms with van der Waals surface area (Å²) >= 11 is 0. The van der Waals surface area contributed by atoms with Gasteiger partial charge in [0, 0.05) is 18.7 Å². The first kappa shape index (κ1) is 10.7. The van der Waals surface area contributed by atoms with E-state index in [1.165, 1.54) is 6.07 Å². The molecule has 14 heavy (non-hydrogen) atoms. The topological polar surface area (TPSA) is 55.2 Å². The quantitative estimate of drug-likeness (QED) is 0.588. The number of hydrogen-bond donors (Lipinski definition) is 1. The second-order valence-corrected chi connectivity index (χ2v) is 3.31. The Hall–Kier alpha value is -1.42. The minimum absolute atomic E-state index is 0.158. The van der Waals surface area contributed by atoms with E-state index in [0.717, 1.165) is 12.1 Å². The molecule has 4 heteroatoms. The number of hydrogen-bond acceptors (Lipinski definition) is 3. The Balaban J connectivity index is 2.87. The van der Waals surface area contributed by atoms with Gasteiger partial charge in [0.1, 0.15) is 0 Å². The van der Waals surface area contributed by atoms with Crippen molar-refractivity contribution >= 4 is 5.69 Å². The van der Waals surface area contributed by atoms with Crippen molar-refractivity contribution in [1.29, 1.82) is 0 Å². The normalized spacial score (nSPS) is 12.4. The first-order chi connectivity index (χ1) is 6.65. The highest BCUT2D eigenvalue weighted by molar-refractivity contribution is 5.35. The lowest BCUT2D eigenvalue weighted by atomic mass is 10.0. The molecule has 1 aromatic carbocycles. The van der Waals surface area contributed by atoms with Gasteiger partial charge in [0.05, 0.1) is 4.92 Å². The van der Waals surface area contributed by atoms with E-state index in [1.54, 1.807) is 12.1 Å². The lowest BCUT2D eigenvalue weighted by molar-refractivity contribution is -0.384. The molecule has 0 heterocycles. The van der Waals surface area contributed by atoms with Crippen LogP contribution >= 0.6 is 0 Å². The Morgan fingerprint density at radius 2 is 2.29 bits per heavy atom. The molecule has 0 aliphatic heterocycles. The summed E-state index contributed by atoms with van der Waals surface area (Å²) < 4.78 is 0. The molecule has 1 aromatic rings. The summed E-state index contributed by atoms with van der Waals surface area (Å²) in [6.07, 6.45) is 0. The molecule has 1 unspecified atom stereocenters. The van der Waals surface area contributed by atoms with Crippen molar-refractivity contribution in [1.82, 2.24) is 5.32 Å². The Morgan fingerprint density at radius 1 is 1.57 bits per heavy atom. The Labute approximate surface area is 83.1 Å². The van der Waals surface area contributed by atoms with Crippen molar-refractivity contribution in [2.75, 3.05) is 13.6 Å². The maximum absolute atomic E-state index is 10.5. The monoisotopic (exact) mass is 194 g/mol. The number of rotatable bonds is 4. The Bertz CT molecular complexity index is 326. The van der Waals surface area contributed by atoms with Crippen molar-refractivity contribution < 1.29 is 4.92 Å². The highest BCUT2D eigenvalue weighted by Crippen LogP contribution is 2.19. The molecular weight excluding hydrogens is 180 g/mol. The molecule has 1 N–H and O–H groups in total. The van der Waals surface area contributed by atoms with E-state index in [0.29, 0.717) is 5.92 Å². The second kappa shape index (κ2) is 4.72. The Morgan fingerprint density at radius 3 is 2.86 bits per heavy atom. The summed E-state index contributed by atoms with van der Waals surface area (Å²) in [6, 6.07) is 6.77. The number of benzene rings is 1. The van der Waals surface area contributed by atoms with Gasteiger partial charge in [-0.15, -0.1) is 0 Å². The van der Waals surface area contributed by atoms with Crippen molar-refractivity contribution in [3.63, 3.8) is 0 Å². The van der Waals surface area contributed by atoms with Crippen LogP contribution in [0.1, 0.15) is 18.4 Å². The Kier molecular flexibility index (Phi) is 3.59. The van der Waals surface area contributed by atoms with Crippen LogP contribution in [0.15, 0.2) is 24.3 Å². The fraction of sp³-hybridized carbons (Fsp3) is 0.400. The van der Waals surface area contributed by atoms with Gasteiger partial charge in [0.25, 0.3) is 5.69 Å². The third kappa shape index (κ3) is 2.53. The van der Waals surface area contributed by atoms with E-state index in [-0.39, 0.29) is 10.6 Å². The molecule has 0 spiro atoms. The van der Waals surface area contributed by atoms with Gasteiger partial charge >= 0.3 is 0 Å². The number of nitrogens with one attached hydrogen (secondary N) is 1. The van der Waals surface area contributed by atoms with Crippen LogP contribution in [0.2, 0.25) is 0 Å². The van der Waals surface area contributed by atoms with Crippen LogP contribution in [0.3, 0.4) is 0 Å². The summed E-state index contributed by atoms with van der Waals surface area (Å²) in [6.45, 7) is 2.86. The molecule has 1 rings (SSSR count).